The zero-order chi connectivity index (χ0) is 101. The van der Waals surface area contributed by atoms with Crippen LogP contribution in [0.15, 0.2) is 8.83 Å². The van der Waals surface area contributed by atoms with Crippen molar-refractivity contribution in [1.82, 2.24) is 0 Å². The van der Waals surface area contributed by atoms with E-state index in [1.165, 1.54) is 0 Å². The van der Waals surface area contributed by atoms with E-state index < -0.39 is 464 Å². The molecule has 0 atom stereocenters. The van der Waals surface area contributed by atoms with E-state index in [1.54, 1.807) is 0 Å². The van der Waals surface area contributed by atoms with Gasteiger partial charge >= 0.3 is 0 Å². The summed E-state index contributed by atoms with van der Waals surface area (Å²) in [7, 11) is 0. The quantitative estimate of drug-likeness (QED) is 0.0406. The van der Waals surface area contributed by atoms with Gasteiger partial charge in [0.1, 0.15) is 11.5 Å². The first-order valence-corrected chi connectivity index (χ1v) is 36.2. The Bertz CT molecular complexity index is 8340. The standard InChI is InChI=1S/C44H28O29.C38H24O25/c45-15-9(28(58)41(71)43-13(15)14-29(59)38(68)40(70)42(72)44(14)73-43)2-6-3(16(46)30(60)33(63)19(6)49)1(4-7(2)20(50)34(64)31(61)17(4)47)5-8(21(51)35(65)32(62)18(5)48)10-22(52)24(54)11(25(55)23(10)53)12-26(56)36(66)39(69)37(67)27(12)57;39-13-9(22(48)35(61)37-11(13)12-23(49)32(58)34(60)36(62)38(12)63-37)2-6-3(14(40)24(50)27(53)17(6)43)1(4-7(2)18(44)28(54)25(51)15(4)41)5-8(19(45)29(55)26(52)16(5)42)10-20(46)30(56)33(59)31(57)21(10)47/h45-72H;39-62H. The van der Waals surface area contributed by atoms with Crippen molar-refractivity contribution in [2.24, 2.45) is 0 Å². The van der Waals surface area contributed by atoms with Crippen molar-refractivity contribution >= 4 is 87.0 Å². The average Bonchev–Trinajstić information content (AvgIpc) is 1.31. The second-order valence-electron chi connectivity index (χ2n) is 29.4. The highest BCUT2D eigenvalue weighted by Gasteiger charge is 2.46. The topological polar surface area (TPSA) is 1080 Å². The molecule has 0 aliphatic rings. The molecule has 136 heavy (non-hydrogen) atoms. The molecule has 52 N–H and O–H groups in total. The third kappa shape index (κ3) is 10.4. The van der Waals surface area contributed by atoms with Gasteiger partial charge in [-0.3, -0.25) is 0 Å². The summed E-state index contributed by atoms with van der Waals surface area (Å²) in [4.78, 5) is 0. The Hall–Kier alpha value is -21.5. The predicted octanol–water partition coefficient (Wildman–Crippen LogP) is 8.14. The Labute approximate surface area is 735 Å². The minimum absolute atomic E-state index is 0.971. The van der Waals surface area contributed by atoms with Crippen LogP contribution in [0.4, 0.5) is 0 Å². The van der Waals surface area contributed by atoms with Crippen molar-refractivity contribution in [2.75, 3.05) is 0 Å². The lowest BCUT2D eigenvalue weighted by atomic mass is 9.80. The van der Waals surface area contributed by atoms with Crippen molar-refractivity contribution in [3.63, 3.8) is 0 Å². The van der Waals surface area contributed by atoms with E-state index in [4.69, 9.17) is 8.83 Å². The molecule has 54 heteroatoms. The number of phenolic OH excluding ortho intramolecular Hbond substituents is 52. The van der Waals surface area contributed by atoms with Crippen molar-refractivity contribution in [1.29, 1.82) is 0 Å². The molecule has 17 rings (SSSR count). The van der Waals surface area contributed by atoms with Gasteiger partial charge in [-0.2, -0.15) is 0 Å². The van der Waals surface area contributed by atoms with Crippen LogP contribution in [0.2, 0.25) is 0 Å². The molecule has 0 aliphatic heterocycles. The predicted molar refractivity (Wildman–Crippen MR) is 442 cm³/mol. The lowest BCUT2D eigenvalue weighted by molar-refractivity contribution is 0.329. The number of phenols is 52. The van der Waals surface area contributed by atoms with Gasteiger partial charge in [0.25, 0.3) is 0 Å². The molecule has 0 spiro atoms. The van der Waals surface area contributed by atoms with E-state index in [9.17, 15) is 266 Å². The molecule has 704 valence electrons. The highest BCUT2D eigenvalue weighted by atomic mass is 16.4. The molecule has 0 unspecified atom stereocenters. The van der Waals surface area contributed by atoms with Crippen LogP contribution in [0, 0.1) is 0 Å². The van der Waals surface area contributed by atoms with E-state index in [-0.39, 0.29) is 0 Å². The van der Waals surface area contributed by atoms with Crippen LogP contribution in [0.3, 0.4) is 0 Å². The molecule has 17 aromatic rings. The second-order valence-corrected chi connectivity index (χ2v) is 29.4. The summed E-state index contributed by atoms with van der Waals surface area (Å²) in [5.74, 6) is -89.2. The van der Waals surface area contributed by atoms with Crippen LogP contribution in [0.25, 0.3) is 165 Å². The minimum Gasteiger partial charge on any atom is -0.506 e. The highest BCUT2D eigenvalue weighted by Crippen LogP contribution is 2.75. The molecule has 15 aromatic carbocycles. The molecule has 2 aromatic heterocycles. The number of benzene rings is 15. The van der Waals surface area contributed by atoms with Gasteiger partial charge in [0.15, 0.2) is 160 Å². The van der Waals surface area contributed by atoms with Crippen LogP contribution in [-0.2, 0) is 0 Å². The number of hydrogen-bond donors (Lipinski definition) is 52. The van der Waals surface area contributed by atoms with Crippen LogP contribution in [0.1, 0.15) is 0 Å². The van der Waals surface area contributed by atoms with Crippen molar-refractivity contribution in [3.8, 4) is 377 Å². The Balaban J connectivity index is 0.000000199. The smallest absolute Gasteiger partial charge is 0.208 e. The molecule has 0 fully saturated rings. The number of hydrogen-bond acceptors (Lipinski definition) is 54. The fraction of sp³-hybridized carbons (Fsp3) is 0. The van der Waals surface area contributed by atoms with Gasteiger partial charge in [0, 0.05) is 87.6 Å². The summed E-state index contributed by atoms with van der Waals surface area (Å²) in [5, 5.41) is 560. The maximum atomic E-state index is 12.1. The summed E-state index contributed by atoms with van der Waals surface area (Å²) in [6, 6.07) is 0. The summed E-state index contributed by atoms with van der Waals surface area (Å²) in [5.41, 5.74) is -25.7. The normalized spacial score (nSPS) is 11.7. The zero-order valence-electron chi connectivity index (χ0n) is 65.1. The van der Waals surface area contributed by atoms with Crippen LogP contribution < -0.4 is 0 Å². The van der Waals surface area contributed by atoms with E-state index in [0.29, 0.717) is 0 Å². The first kappa shape index (κ1) is 88.0. The molecule has 0 amide bonds. The SMILES string of the molecule is Oc1c(O)c(O)c(-c2c(O)c(O)c(-c3c(O)c(O)c(O)c(O)c3-c3c4c(O)c(O)c(O)c(O)c4c(-c4c(O)c(O)c5oc6c(O)c(O)c(O)c(O)c6c5c4O)c4c(O)c(O)c(O)c(O)c34)c(O)c2O)c(O)c1O.Oc1c(O)c(O)c(-c2c(O)c(O)c(O)c(O)c2-c2c3c(O)c(O)c(O)c(O)c3c(-c3c(O)c(O)c4oc5c(O)c(O)c(O)c(O)c5c4c3O)c3c(O)c(O)c(O)c(O)c23)c(O)c1O. The monoisotopic (exact) mass is 1900 g/mol. The Morgan fingerprint density at radius 1 is 0.0662 bits per heavy atom. The summed E-state index contributed by atoms with van der Waals surface area (Å²) in [6.07, 6.45) is 0. The Morgan fingerprint density at radius 3 is 0.338 bits per heavy atom. The summed E-state index contributed by atoms with van der Waals surface area (Å²) >= 11 is 0. The lowest BCUT2D eigenvalue weighted by Gasteiger charge is -2.26. The third-order valence-electron chi connectivity index (χ3n) is 22.6. The third-order valence-corrected chi connectivity index (χ3v) is 22.6. The Kier molecular flexibility index (Phi) is 18.1. The van der Waals surface area contributed by atoms with E-state index in [2.05, 4.69) is 0 Å². The zero-order valence-corrected chi connectivity index (χ0v) is 65.1. The van der Waals surface area contributed by atoms with Crippen LogP contribution >= 0.6 is 0 Å². The molecule has 0 saturated carbocycles. The maximum absolute atomic E-state index is 12.1. The Morgan fingerprint density at radius 2 is 0.154 bits per heavy atom. The van der Waals surface area contributed by atoms with E-state index in [1.807, 2.05) is 0 Å². The molecular weight excluding hydrogens is 1850 g/mol. The van der Waals surface area contributed by atoms with Gasteiger partial charge in [-0.05, 0) is 0 Å². The number of furan rings is 2. The fourth-order valence-electron chi connectivity index (χ4n) is 16.4. The minimum atomic E-state index is -1.96. The first-order valence-electron chi connectivity index (χ1n) is 36.2. The number of aromatic hydroxyl groups is 52. The lowest BCUT2D eigenvalue weighted by Crippen LogP contribution is -1.98. The van der Waals surface area contributed by atoms with Crippen molar-refractivity contribution in [3.05, 3.63) is 0 Å². The fourth-order valence-corrected chi connectivity index (χ4v) is 16.4. The largest absolute Gasteiger partial charge is 0.506 e. The van der Waals surface area contributed by atoms with E-state index in [0.717, 1.165) is 0 Å². The van der Waals surface area contributed by atoms with Gasteiger partial charge in [0.2, 0.25) is 149 Å². The highest BCUT2D eigenvalue weighted by molar-refractivity contribution is 6.35. The van der Waals surface area contributed by atoms with Crippen molar-refractivity contribution in [2.45, 2.75) is 0 Å². The van der Waals surface area contributed by atoms with Gasteiger partial charge in [-0.25, -0.2) is 0 Å². The molecule has 0 aliphatic carbocycles. The number of fused-ring (bicyclic) bond motifs is 10. The summed E-state index contributed by atoms with van der Waals surface area (Å²) < 4.78 is 10.6. The molecular formula is C82H52O54. The van der Waals surface area contributed by atoms with Gasteiger partial charge in [-0.15, -0.1) is 0 Å². The molecule has 0 saturated heterocycles. The maximum Gasteiger partial charge on any atom is 0.208 e. The van der Waals surface area contributed by atoms with Gasteiger partial charge < -0.3 is 274 Å². The second kappa shape index (κ2) is 28.0. The van der Waals surface area contributed by atoms with Crippen molar-refractivity contribution < 1.29 is 274 Å². The molecule has 0 radical (unpaired) electrons. The van der Waals surface area contributed by atoms with Gasteiger partial charge in [0.05, 0.1) is 54.9 Å². The van der Waals surface area contributed by atoms with E-state index >= 15 is 0 Å². The van der Waals surface area contributed by atoms with Crippen LogP contribution in [-0.4, -0.2) is 266 Å². The van der Waals surface area contributed by atoms with Gasteiger partial charge in [-0.1, -0.05) is 0 Å². The average molecular weight is 1900 g/mol. The van der Waals surface area contributed by atoms with Crippen LogP contribution in [0.5, 0.6) is 299 Å². The summed E-state index contributed by atoms with van der Waals surface area (Å²) in [6.45, 7) is 0. The first-order chi connectivity index (χ1) is 63.3. The molecule has 0 bridgehead atoms. The molecule has 54 nitrogen and oxygen atoms in total. The number of rotatable bonds is 7. The molecule has 2 heterocycles.